The third-order valence-electron chi connectivity index (χ3n) is 7.18. The second-order valence-electron chi connectivity index (χ2n) is 10.8. The first-order chi connectivity index (χ1) is 15.3. The molecule has 0 aromatic rings. The van der Waals surface area contributed by atoms with Crippen molar-refractivity contribution < 1.29 is 19.5 Å². The average molecular weight is 466 g/mol. The van der Waals surface area contributed by atoms with Crippen LogP contribution in [0.2, 0.25) is 0 Å². The summed E-state index contributed by atoms with van der Waals surface area (Å²) in [5.74, 6) is -1.20. The highest BCUT2D eigenvalue weighted by Crippen LogP contribution is 2.26. The van der Waals surface area contributed by atoms with E-state index in [0.29, 0.717) is 6.04 Å². The number of hydrogen-bond donors (Lipinski definition) is 2. The molecular formula is C26H47N3O4. The number of hydrogen-bond acceptors (Lipinski definition) is 4. The van der Waals surface area contributed by atoms with Gasteiger partial charge in [0.05, 0.1) is 12.1 Å². The van der Waals surface area contributed by atoms with Gasteiger partial charge in [-0.05, 0) is 51.0 Å². The van der Waals surface area contributed by atoms with E-state index in [9.17, 15) is 19.5 Å². The number of piperidine rings is 1. The van der Waals surface area contributed by atoms with Crippen molar-refractivity contribution in [3.8, 4) is 0 Å². The Morgan fingerprint density at radius 2 is 1.76 bits per heavy atom. The van der Waals surface area contributed by atoms with Crippen LogP contribution in [0.1, 0.15) is 87.5 Å². The molecule has 1 aliphatic heterocycles. The Bertz CT molecular complexity index is 713. The Balaban J connectivity index is 3.20. The van der Waals surface area contributed by atoms with Gasteiger partial charge in [-0.2, -0.15) is 0 Å². The Morgan fingerprint density at radius 3 is 2.24 bits per heavy atom. The van der Waals surface area contributed by atoms with E-state index in [1.165, 1.54) is 0 Å². The predicted molar refractivity (Wildman–Crippen MR) is 133 cm³/mol. The zero-order valence-corrected chi connectivity index (χ0v) is 22.3. The summed E-state index contributed by atoms with van der Waals surface area (Å²) in [4.78, 5) is 42.5. The summed E-state index contributed by atoms with van der Waals surface area (Å²) < 4.78 is 0. The summed E-state index contributed by atoms with van der Waals surface area (Å²) >= 11 is 0. The molecule has 33 heavy (non-hydrogen) atoms. The first kappa shape index (κ1) is 29.1. The standard InChI is InChI=1S/C26H47N3O4/c1-10-17(3)21(16-18(4)25(32)33)28(9)24(31)22(26(6,7)8)27-23(30)20-14-12-13-15-29(20)19(5)11-2/h16-17,19-22H,10-15H2,1-9H3,(H,27,30)(H,32,33)/b18-16+/t17-,19?,20+,21?,22?/m0/s1. The molecule has 0 radical (unpaired) electrons. The lowest BCUT2D eigenvalue weighted by Gasteiger charge is -2.41. The number of carbonyl (C=O) groups excluding carboxylic acids is 2. The molecule has 0 saturated carbocycles. The summed E-state index contributed by atoms with van der Waals surface area (Å²) in [6, 6.07) is -0.991. The lowest BCUT2D eigenvalue weighted by Crippen LogP contribution is -2.60. The van der Waals surface area contributed by atoms with E-state index in [2.05, 4.69) is 24.1 Å². The molecule has 0 spiro atoms. The van der Waals surface area contributed by atoms with Crippen molar-refractivity contribution in [2.24, 2.45) is 11.3 Å². The lowest BCUT2D eigenvalue weighted by atomic mass is 9.84. The molecule has 0 bridgehead atoms. The Morgan fingerprint density at radius 1 is 1.15 bits per heavy atom. The summed E-state index contributed by atoms with van der Waals surface area (Å²) in [7, 11) is 1.71. The predicted octanol–water partition coefficient (Wildman–Crippen LogP) is 4.07. The number of carbonyl (C=O) groups is 3. The summed E-state index contributed by atoms with van der Waals surface area (Å²) in [6.45, 7) is 16.6. The van der Waals surface area contributed by atoms with E-state index in [0.717, 1.165) is 38.6 Å². The molecule has 0 aromatic heterocycles. The molecular weight excluding hydrogens is 418 g/mol. The molecule has 7 nitrogen and oxygen atoms in total. The highest BCUT2D eigenvalue weighted by atomic mass is 16.4. The van der Waals surface area contributed by atoms with Crippen molar-refractivity contribution in [2.45, 2.75) is 112 Å². The maximum atomic E-state index is 13.7. The number of nitrogens with zero attached hydrogens (tertiary/aromatic N) is 2. The van der Waals surface area contributed by atoms with Crippen molar-refractivity contribution in [3.63, 3.8) is 0 Å². The minimum absolute atomic E-state index is 0.0730. The first-order valence-electron chi connectivity index (χ1n) is 12.5. The van der Waals surface area contributed by atoms with Gasteiger partial charge in [0.15, 0.2) is 0 Å². The van der Waals surface area contributed by atoms with Gasteiger partial charge in [0.2, 0.25) is 11.8 Å². The average Bonchev–Trinajstić information content (AvgIpc) is 2.77. The second kappa shape index (κ2) is 12.5. The van der Waals surface area contributed by atoms with Gasteiger partial charge >= 0.3 is 5.97 Å². The molecule has 3 unspecified atom stereocenters. The molecule has 1 heterocycles. The van der Waals surface area contributed by atoms with E-state index in [1.54, 1.807) is 24.9 Å². The van der Waals surface area contributed by atoms with Crippen molar-refractivity contribution in [3.05, 3.63) is 11.6 Å². The normalized spacial score (nSPS) is 21.6. The minimum Gasteiger partial charge on any atom is -0.478 e. The number of rotatable bonds is 10. The van der Waals surface area contributed by atoms with Crippen LogP contribution in [0.15, 0.2) is 11.6 Å². The number of amides is 2. The van der Waals surface area contributed by atoms with Gasteiger partial charge in [0.25, 0.3) is 0 Å². The highest BCUT2D eigenvalue weighted by molar-refractivity contribution is 5.91. The summed E-state index contributed by atoms with van der Waals surface area (Å²) in [6.07, 6.45) is 6.32. The van der Waals surface area contributed by atoms with Crippen molar-refractivity contribution in [2.75, 3.05) is 13.6 Å². The van der Waals surface area contributed by atoms with Crippen molar-refractivity contribution in [1.82, 2.24) is 15.1 Å². The molecule has 2 N–H and O–H groups in total. The smallest absolute Gasteiger partial charge is 0.331 e. The molecule has 1 rings (SSSR count). The fourth-order valence-corrected chi connectivity index (χ4v) is 4.46. The number of likely N-dealkylation sites (N-methyl/N-ethyl adjacent to an activating group) is 1. The van der Waals surface area contributed by atoms with Crippen molar-refractivity contribution >= 4 is 17.8 Å². The van der Waals surface area contributed by atoms with E-state index >= 15 is 0 Å². The van der Waals surface area contributed by atoms with Crippen LogP contribution in [0.25, 0.3) is 0 Å². The van der Waals surface area contributed by atoms with Crippen LogP contribution < -0.4 is 5.32 Å². The number of aliphatic carboxylic acids is 1. The van der Waals surface area contributed by atoms with Crippen molar-refractivity contribution in [1.29, 1.82) is 0 Å². The number of nitrogens with one attached hydrogen (secondary N) is 1. The molecule has 0 aromatic carbocycles. The van der Waals surface area contributed by atoms with Gasteiger partial charge in [-0.1, -0.05) is 60.5 Å². The van der Waals surface area contributed by atoms with Crippen LogP contribution in [0.5, 0.6) is 0 Å². The Hall–Kier alpha value is -1.89. The van der Waals surface area contributed by atoms with Gasteiger partial charge in [-0.3, -0.25) is 14.5 Å². The highest BCUT2D eigenvalue weighted by Gasteiger charge is 2.40. The van der Waals surface area contributed by atoms with Crippen LogP contribution >= 0.6 is 0 Å². The fraction of sp³-hybridized carbons (Fsp3) is 0.808. The molecule has 1 saturated heterocycles. The van der Waals surface area contributed by atoms with Gasteiger partial charge in [0.1, 0.15) is 6.04 Å². The van der Waals surface area contributed by atoms with Crippen LogP contribution in [-0.4, -0.2) is 70.4 Å². The number of likely N-dealkylation sites (tertiary alicyclic amines) is 1. The maximum Gasteiger partial charge on any atom is 0.331 e. The molecule has 1 fully saturated rings. The SMILES string of the molecule is CCC(C)N1CCCC[C@@H]1C(=O)NC(C(=O)N(C)C(/C=C(\C)C(=O)O)[C@@H](C)CC)C(C)(C)C. The first-order valence-corrected chi connectivity index (χ1v) is 12.5. The molecule has 5 atom stereocenters. The van der Waals surface area contributed by atoms with E-state index < -0.39 is 17.4 Å². The van der Waals surface area contributed by atoms with E-state index in [-0.39, 0.29) is 35.4 Å². The third kappa shape index (κ3) is 7.83. The third-order valence-corrected chi connectivity index (χ3v) is 7.18. The fourth-order valence-electron chi connectivity index (χ4n) is 4.46. The largest absolute Gasteiger partial charge is 0.478 e. The van der Waals surface area contributed by atoms with Gasteiger partial charge in [-0.25, -0.2) is 4.79 Å². The monoisotopic (exact) mass is 465 g/mol. The maximum absolute atomic E-state index is 13.7. The quantitative estimate of drug-likeness (QED) is 0.475. The Labute approximate surface area is 201 Å². The molecule has 0 aliphatic carbocycles. The molecule has 1 aliphatic rings. The zero-order chi connectivity index (χ0) is 25.5. The van der Waals surface area contributed by atoms with Gasteiger partial charge in [0, 0.05) is 18.7 Å². The zero-order valence-electron chi connectivity index (χ0n) is 22.3. The lowest BCUT2D eigenvalue weighted by molar-refractivity contribution is -0.142. The second-order valence-corrected chi connectivity index (χ2v) is 10.8. The number of carboxylic acids is 1. The van der Waals surface area contributed by atoms with Gasteiger partial charge < -0.3 is 15.3 Å². The minimum atomic E-state index is -0.993. The van der Waals surface area contributed by atoms with E-state index in [1.807, 2.05) is 34.6 Å². The molecule has 2 amide bonds. The number of carboxylic acid groups (broad SMARTS) is 1. The summed E-state index contributed by atoms with van der Waals surface area (Å²) in [5, 5.41) is 12.5. The Kier molecular flexibility index (Phi) is 11.1. The van der Waals surface area contributed by atoms with Crippen LogP contribution in [0.3, 0.4) is 0 Å². The van der Waals surface area contributed by atoms with Crippen LogP contribution in [0, 0.1) is 11.3 Å². The topological polar surface area (TPSA) is 90.0 Å². The van der Waals surface area contributed by atoms with Crippen LogP contribution in [-0.2, 0) is 14.4 Å². The van der Waals surface area contributed by atoms with Crippen LogP contribution in [0.4, 0.5) is 0 Å². The molecule has 7 heteroatoms. The van der Waals surface area contributed by atoms with E-state index in [4.69, 9.17) is 0 Å². The van der Waals surface area contributed by atoms with Gasteiger partial charge in [-0.15, -0.1) is 0 Å². The summed E-state index contributed by atoms with van der Waals surface area (Å²) in [5.41, 5.74) is -0.287. The molecule has 190 valence electrons.